The van der Waals surface area contributed by atoms with E-state index < -0.39 is 17.4 Å². The van der Waals surface area contributed by atoms with Crippen molar-refractivity contribution in [2.75, 3.05) is 0 Å². The molecule has 4 heteroatoms. The van der Waals surface area contributed by atoms with Crippen LogP contribution in [0.4, 0.5) is 4.79 Å². The van der Waals surface area contributed by atoms with Crippen LogP contribution in [-0.4, -0.2) is 22.5 Å². The number of nitrogens with one attached hydrogen (secondary N) is 1. The highest BCUT2D eigenvalue weighted by atomic mass is 16.6. The summed E-state index contributed by atoms with van der Waals surface area (Å²) in [6.45, 7) is 7.49. The van der Waals surface area contributed by atoms with Crippen molar-refractivity contribution in [2.24, 2.45) is 0 Å². The van der Waals surface area contributed by atoms with Crippen LogP contribution in [0.5, 0.6) is 0 Å². The lowest BCUT2D eigenvalue weighted by Crippen LogP contribution is -2.55. The number of cyclic esters (lactones) is 1. The van der Waals surface area contributed by atoms with E-state index in [2.05, 4.69) is 19.2 Å². The van der Waals surface area contributed by atoms with Gasteiger partial charge in [-0.3, -0.25) is 5.32 Å². The van der Waals surface area contributed by atoms with Gasteiger partial charge in [0.2, 0.25) is 0 Å². The summed E-state index contributed by atoms with van der Waals surface area (Å²) in [7, 11) is 0. The molecule has 2 N–H and O–H groups in total. The third kappa shape index (κ3) is 2.45. The first kappa shape index (κ1) is 13.9. The summed E-state index contributed by atoms with van der Waals surface area (Å²) < 4.78 is 5.32. The lowest BCUT2D eigenvalue weighted by molar-refractivity contribution is -0.106. The monoisotopic (exact) mass is 263 g/mol. The number of aliphatic hydroxyl groups is 1. The molecule has 1 aromatic rings. The van der Waals surface area contributed by atoms with Gasteiger partial charge in [-0.25, -0.2) is 4.79 Å². The maximum Gasteiger partial charge on any atom is 0.410 e. The molecule has 2 unspecified atom stereocenters. The quantitative estimate of drug-likeness (QED) is 0.881. The van der Waals surface area contributed by atoms with Crippen LogP contribution < -0.4 is 5.32 Å². The second-order valence-corrected chi connectivity index (χ2v) is 6.24. The summed E-state index contributed by atoms with van der Waals surface area (Å²) >= 11 is 0. The first-order valence-corrected chi connectivity index (χ1v) is 6.45. The van der Waals surface area contributed by atoms with Gasteiger partial charge in [-0.2, -0.15) is 0 Å². The molecule has 19 heavy (non-hydrogen) atoms. The third-order valence-electron chi connectivity index (χ3n) is 4.03. The van der Waals surface area contributed by atoms with Gasteiger partial charge in [-0.15, -0.1) is 0 Å². The number of ether oxygens (including phenoxy) is 1. The zero-order chi connectivity index (χ0) is 14.3. The second kappa shape index (κ2) is 4.23. The molecule has 1 aliphatic heterocycles. The van der Waals surface area contributed by atoms with Gasteiger partial charge < -0.3 is 9.84 Å². The molecule has 1 saturated heterocycles. The van der Waals surface area contributed by atoms with Crippen molar-refractivity contribution in [3.05, 3.63) is 35.9 Å². The molecule has 4 nitrogen and oxygen atoms in total. The van der Waals surface area contributed by atoms with Gasteiger partial charge in [0.15, 0.2) is 11.3 Å². The number of alkyl carbamates (subject to hydrolysis) is 1. The van der Waals surface area contributed by atoms with Crippen molar-refractivity contribution in [1.82, 2.24) is 5.32 Å². The molecule has 0 aromatic heterocycles. The van der Waals surface area contributed by atoms with E-state index in [-0.39, 0.29) is 5.41 Å². The van der Waals surface area contributed by atoms with Crippen LogP contribution >= 0.6 is 0 Å². The zero-order valence-corrected chi connectivity index (χ0v) is 11.9. The molecule has 1 heterocycles. The number of hydrogen-bond donors (Lipinski definition) is 2. The van der Waals surface area contributed by atoms with E-state index in [9.17, 15) is 9.90 Å². The largest absolute Gasteiger partial charge is 0.438 e. The van der Waals surface area contributed by atoms with Crippen molar-refractivity contribution < 1.29 is 14.6 Å². The maximum absolute atomic E-state index is 11.4. The van der Waals surface area contributed by atoms with Crippen LogP contribution in [-0.2, 0) is 10.2 Å². The Kier molecular flexibility index (Phi) is 3.09. The van der Waals surface area contributed by atoms with Crippen LogP contribution in [0.25, 0.3) is 0 Å². The Balaban J connectivity index is 2.27. The molecule has 1 aromatic carbocycles. The third-order valence-corrected chi connectivity index (χ3v) is 4.03. The molecule has 1 aliphatic rings. The Morgan fingerprint density at radius 3 is 2.32 bits per heavy atom. The lowest BCUT2D eigenvalue weighted by Gasteiger charge is -2.39. The number of rotatable bonds is 3. The van der Waals surface area contributed by atoms with Crippen molar-refractivity contribution in [2.45, 2.75) is 50.9 Å². The van der Waals surface area contributed by atoms with E-state index in [0.717, 1.165) is 5.56 Å². The van der Waals surface area contributed by atoms with E-state index in [1.807, 2.05) is 30.3 Å². The van der Waals surface area contributed by atoms with Gasteiger partial charge in [0.05, 0.1) is 0 Å². The smallest absolute Gasteiger partial charge is 0.410 e. The summed E-state index contributed by atoms with van der Waals surface area (Å²) in [4.78, 5) is 11.4. The molecule has 1 fully saturated rings. The van der Waals surface area contributed by atoms with Crippen LogP contribution in [0.3, 0.4) is 0 Å². The molecule has 0 spiro atoms. The normalized spacial score (nSPS) is 30.9. The van der Waals surface area contributed by atoms with Gasteiger partial charge >= 0.3 is 6.09 Å². The summed E-state index contributed by atoms with van der Waals surface area (Å²) in [5, 5.41) is 12.8. The molecule has 1 amide bonds. The summed E-state index contributed by atoms with van der Waals surface area (Å²) in [6.07, 6.45) is -0.0492. The average molecular weight is 263 g/mol. The van der Waals surface area contributed by atoms with E-state index >= 15 is 0 Å². The van der Waals surface area contributed by atoms with Crippen molar-refractivity contribution >= 4 is 6.09 Å². The first-order chi connectivity index (χ1) is 8.66. The highest BCUT2D eigenvalue weighted by molar-refractivity contribution is 5.71. The molecule has 2 rings (SSSR count). The van der Waals surface area contributed by atoms with Crippen LogP contribution in [0.2, 0.25) is 0 Å². The fraction of sp³-hybridized carbons (Fsp3) is 0.533. The minimum atomic E-state index is -1.36. The molecule has 0 aliphatic carbocycles. The average Bonchev–Trinajstić information content (AvgIpc) is 2.47. The van der Waals surface area contributed by atoms with Crippen molar-refractivity contribution in [3.8, 4) is 0 Å². The number of benzene rings is 1. The van der Waals surface area contributed by atoms with E-state index in [0.29, 0.717) is 6.42 Å². The Labute approximate surface area is 113 Å². The molecule has 0 bridgehead atoms. The molecular weight excluding hydrogens is 242 g/mol. The number of amides is 1. The lowest BCUT2D eigenvalue weighted by atomic mass is 9.73. The van der Waals surface area contributed by atoms with Gasteiger partial charge in [-0.05, 0) is 24.8 Å². The van der Waals surface area contributed by atoms with E-state index in [1.165, 1.54) is 0 Å². The summed E-state index contributed by atoms with van der Waals surface area (Å²) in [6, 6.07) is 10.0. The highest BCUT2D eigenvalue weighted by Crippen LogP contribution is 2.41. The summed E-state index contributed by atoms with van der Waals surface area (Å²) in [5.74, 6) is 0. The fourth-order valence-electron chi connectivity index (χ4n) is 2.70. The van der Waals surface area contributed by atoms with Crippen molar-refractivity contribution in [3.63, 3.8) is 0 Å². The SMILES string of the molecule is CC(C)(CC1(C)OC(=O)NC1(C)O)c1ccccc1. The van der Waals surface area contributed by atoms with Crippen LogP contribution in [0.1, 0.15) is 39.7 Å². The van der Waals surface area contributed by atoms with Crippen LogP contribution in [0.15, 0.2) is 30.3 Å². The maximum atomic E-state index is 11.4. The van der Waals surface area contributed by atoms with Gasteiger partial charge in [0.1, 0.15) is 0 Å². The Morgan fingerprint density at radius 1 is 1.26 bits per heavy atom. The number of hydrogen-bond acceptors (Lipinski definition) is 3. The fourth-order valence-corrected chi connectivity index (χ4v) is 2.70. The molecule has 104 valence electrons. The Hall–Kier alpha value is -1.55. The topological polar surface area (TPSA) is 58.6 Å². The van der Waals surface area contributed by atoms with Crippen LogP contribution in [0, 0.1) is 0 Å². The van der Waals surface area contributed by atoms with E-state index in [1.54, 1.807) is 13.8 Å². The van der Waals surface area contributed by atoms with Gasteiger partial charge in [-0.1, -0.05) is 44.2 Å². The molecule has 0 saturated carbocycles. The molecule has 0 radical (unpaired) electrons. The van der Waals surface area contributed by atoms with Gasteiger partial charge in [0, 0.05) is 6.42 Å². The number of carbonyl (C=O) groups excluding carboxylic acids is 1. The van der Waals surface area contributed by atoms with Crippen molar-refractivity contribution in [1.29, 1.82) is 0 Å². The van der Waals surface area contributed by atoms with Gasteiger partial charge in [0.25, 0.3) is 0 Å². The Morgan fingerprint density at radius 2 is 1.84 bits per heavy atom. The predicted molar refractivity (Wildman–Crippen MR) is 72.7 cm³/mol. The predicted octanol–water partition coefficient (Wildman–Crippen LogP) is 2.56. The Bertz CT molecular complexity index is 481. The van der Waals surface area contributed by atoms with E-state index in [4.69, 9.17) is 4.74 Å². The molecule has 2 atom stereocenters. The first-order valence-electron chi connectivity index (χ1n) is 6.45. The highest BCUT2D eigenvalue weighted by Gasteiger charge is 2.55. The number of carbonyl (C=O) groups is 1. The summed E-state index contributed by atoms with van der Waals surface area (Å²) in [5.41, 5.74) is -1.39. The minimum absolute atomic E-state index is 0.216. The second-order valence-electron chi connectivity index (χ2n) is 6.24. The molecular formula is C15H21NO3. The zero-order valence-electron chi connectivity index (χ0n) is 11.9. The standard InChI is InChI=1S/C15H21NO3/c1-13(2,11-8-6-5-7-9-11)10-14(3)15(4,18)16-12(17)19-14/h5-9,18H,10H2,1-4H3,(H,16,17). The minimum Gasteiger partial charge on any atom is -0.438 e.